The predicted octanol–water partition coefficient (Wildman–Crippen LogP) is 1.95. The van der Waals surface area contributed by atoms with Crippen molar-refractivity contribution >= 4 is 23.4 Å². The van der Waals surface area contributed by atoms with E-state index in [1.54, 1.807) is 68.4 Å². The number of aliphatic hydroxyl groups is 1. The number of likely N-dealkylation sites (N-methyl/N-ethyl adjacent to an activating group) is 1. The third-order valence-corrected chi connectivity index (χ3v) is 5.20. The highest BCUT2D eigenvalue weighted by Crippen LogP contribution is 2.22. The van der Waals surface area contributed by atoms with Crippen LogP contribution in [-0.4, -0.2) is 59.8 Å². The Hall–Kier alpha value is -3.94. The van der Waals surface area contributed by atoms with E-state index in [2.05, 4.69) is 10.6 Å². The van der Waals surface area contributed by atoms with Crippen LogP contribution in [0.4, 0.5) is 5.69 Å². The summed E-state index contributed by atoms with van der Waals surface area (Å²) in [5.74, 6) is -0.849. The van der Waals surface area contributed by atoms with Crippen molar-refractivity contribution < 1.29 is 24.2 Å². The summed E-state index contributed by atoms with van der Waals surface area (Å²) >= 11 is 0. The van der Waals surface area contributed by atoms with Crippen LogP contribution in [0.25, 0.3) is 0 Å². The molecule has 192 valence electrons. The Morgan fingerprint density at radius 1 is 1.08 bits per heavy atom. The number of benzene rings is 2. The Labute approximate surface area is 211 Å². The minimum atomic E-state index is -1.78. The van der Waals surface area contributed by atoms with Gasteiger partial charge in [-0.05, 0) is 30.8 Å². The number of ether oxygens (including phenoxy) is 1. The largest absolute Gasteiger partial charge is 0.488 e. The second-order valence-corrected chi connectivity index (χ2v) is 8.03. The molecule has 1 unspecified atom stereocenters. The molecular formula is C26H33N5O5. The number of nitrogens with one attached hydrogen (secondary N) is 2. The van der Waals surface area contributed by atoms with Crippen molar-refractivity contribution in [2.45, 2.75) is 39.3 Å². The number of hydrogen-bond acceptors (Lipinski definition) is 7. The van der Waals surface area contributed by atoms with Gasteiger partial charge in [-0.25, -0.2) is 10.0 Å². The fourth-order valence-electron chi connectivity index (χ4n) is 3.51. The third-order valence-electron chi connectivity index (χ3n) is 5.20. The molecule has 0 fully saturated rings. The average Bonchev–Trinajstić information content (AvgIpc) is 2.87. The van der Waals surface area contributed by atoms with Gasteiger partial charge < -0.3 is 15.2 Å². The van der Waals surface area contributed by atoms with Crippen LogP contribution in [0.5, 0.6) is 5.75 Å². The van der Waals surface area contributed by atoms with Gasteiger partial charge in [-0.15, -0.1) is 0 Å². The maximum absolute atomic E-state index is 13.3. The SMILES string of the molecule is CCNC(O)(COc1ccccc1C#N)CN(C(=O)CCNC(=O)CC)N(C(C)=O)c1ccccc1. The van der Waals surface area contributed by atoms with Gasteiger partial charge in [0.1, 0.15) is 18.4 Å². The van der Waals surface area contributed by atoms with Gasteiger partial charge in [-0.1, -0.05) is 44.2 Å². The van der Waals surface area contributed by atoms with E-state index in [9.17, 15) is 24.8 Å². The molecule has 0 bridgehead atoms. The fraction of sp³-hybridized carbons (Fsp3) is 0.385. The number of nitrogens with zero attached hydrogens (tertiary/aromatic N) is 3. The number of amides is 3. The summed E-state index contributed by atoms with van der Waals surface area (Å²) in [5.41, 5.74) is -1.04. The molecule has 0 aliphatic rings. The number of hydrogen-bond donors (Lipinski definition) is 3. The lowest BCUT2D eigenvalue weighted by atomic mass is 10.2. The summed E-state index contributed by atoms with van der Waals surface area (Å²) in [6.07, 6.45) is 0.186. The number of nitriles is 1. The van der Waals surface area contributed by atoms with Gasteiger partial charge in [-0.3, -0.25) is 19.7 Å². The van der Waals surface area contributed by atoms with E-state index in [4.69, 9.17) is 4.74 Å². The van der Waals surface area contributed by atoms with Crippen molar-refractivity contribution in [3.63, 3.8) is 0 Å². The molecule has 0 heterocycles. The monoisotopic (exact) mass is 495 g/mol. The number of carbonyl (C=O) groups is 3. The van der Waals surface area contributed by atoms with E-state index in [0.717, 1.165) is 5.01 Å². The molecule has 10 nitrogen and oxygen atoms in total. The standard InChI is InChI=1S/C26H33N5O5/c1-4-24(33)28-16-15-25(34)30(31(20(3)32)22-12-7-6-8-13-22)18-26(35,29-5-2)19-36-23-14-10-9-11-21(23)17-27/h6-14,29,35H,4-5,15-16,18-19H2,1-3H3,(H,28,33). The Bertz CT molecular complexity index is 1070. The maximum Gasteiger partial charge on any atom is 0.243 e. The molecule has 3 N–H and O–H groups in total. The number of para-hydroxylation sites is 2. The van der Waals surface area contributed by atoms with E-state index in [1.165, 1.54) is 11.9 Å². The zero-order valence-corrected chi connectivity index (χ0v) is 20.9. The van der Waals surface area contributed by atoms with Crippen LogP contribution in [0.2, 0.25) is 0 Å². The van der Waals surface area contributed by atoms with Crippen molar-refractivity contribution in [1.82, 2.24) is 15.6 Å². The molecule has 36 heavy (non-hydrogen) atoms. The molecule has 0 aliphatic carbocycles. The number of hydrazine groups is 1. The van der Waals surface area contributed by atoms with Gasteiger partial charge in [0.05, 0.1) is 17.8 Å². The minimum absolute atomic E-state index is 0.0776. The normalized spacial score (nSPS) is 12.1. The van der Waals surface area contributed by atoms with Crippen LogP contribution in [-0.2, 0) is 14.4 Å². The van der Waals surface area contributed by atoms with E-state index >= 15 is 0 Å². The molecule has 0 saturated heterocycles. The van der Waals surface area contributed by atoms with Crippen LogP contribution in [0.3, 0.4) is 0 Å². The molecule has 10 heteroatoms. The van der Waals surface area contributed by atoms with Gasteiger partial charge in [0, 0.05) is 26.3 Å². The fourth-order valence-corrected chi connectivity index (χ4v) is 3.51. The Morgan fingerprint density at radius 3 is 2.36 bits per heavy atom. The lowest BCUT2D eigenvalue weighted by Gasteiger charge is -2.40. The molecule has 0 saturated carbocycles. The molecule has 2 aromatic carbocycles. The third kappa shape index (κ3) is 8.08. The van der Waals surface area contributed by atoms with Crippen LogP contribution in [0.15, 0.2) is 54.6 Å². The summed E-state index contributed by atoms with van der Waals surface area (Å²) in [6, 6.07) is 17.2. The van der Waals surface area contributed by atoms with Crippen molar-refractivity contribution in [2.24, 2.45) is 0 Å². The first-order valence-electron chi connectivity index (χ1n) is 11.8. The lowest BCUT2D eigenvalue weighted by molar-refractivity contribution is -0.142. The van der Waals surface area contributed by atoms with Crippen molar-refractivity contribution in [3.05, 3.63) is 60.2 Å². The summed E-state index contributed by atoms with van der Waals surface area (Å²) in [7, 11) is 0. The molecule has 0 aliphatic heterocycles. The molecule has 1 atom stereocenters. The summed E-state index contributed by atoms with van der Waals surface area (Å²) < 4.78 is 5.77. The second kappa shape index (κ2) is 13.8. The van der Waals surface area contributed by atoms with Gasteiger partial charge in [0.15, 0.2) is 5.72 Å². The van der Waals surface area contributed by atoms with E-state index in [-0.39, 0.29) is 44.2 Å². The van der Waals surface area contributed by atoms with Crippen LogP contribution < -0.4 is 20.4 Å². The van der Waals surface area contributed by atoms with Gasteiger partial charge in [0.25, 0.3) is 0 Å². The van der Waals surface area contributed by atoms with Crippen molar-refractivity contribution in [1.29, 1.82) is 5.26 Å². The van der Waals surface area contributed by atoms with Crippen molar-refractivity contribution in [2.75, 3.05) is 31.3 Å². The molecule has 2 aromatic rings. The number of carbonyl (C=O) groups excluding carboxylic acids is 3. The highest BCUT2D eigenvalue weighted by molar-refractivity contribution is 5.95. The van der Waals surface area contributed by atoms with Gasteiger partial charge >= 0.3 is 0 Å². The first-order chi connectivity index (χ1) is 17.2. The smallest absolute Gasteiger partial charge is 0.243 e. The highest BCUT2D eigenvalue weighted by Gasteiger charge is 2.36. The average molecular weight is 496 g/mol. The Kier molecular flexibility index (Phi) is 10.9. The lowest BCUT2D eigenvalue weighted by Crippen LogP contribution is -2.63. The first-order valence-corrected chi connectivity index (χ1v) is 11.8. The van der Waals surface area contributed by atoms with Crippen LogP contribution in [0.1, 0.15) is 39.2 Å². The topological polar surface area (TPSA) is 135 Å². The predicted molar refractivity (Wildman–Crippen MR) is 135 cm³/mol. The summed E-state index contributed by atoms with van der Waals surface area (Å²) in [4.78, 5) is 37.7. The second-order valence-electron chi connectivity index (χ2n) is 8.03. The zero-order chi connectivity index (χ0) is 26.6. The Morgan fingerprint density at radius 2 is 1.75 bits per heavy atom. The van der Waals surface area contributed by atoms with E-state index < -0.39 is 17.5 Å². The number of rotatable bonds is 12. The molecule has 0 aromatic heterocycles. The molecular weight excluding hydrogens is 462 g/mol. The summed E-state index contributed by atoms with van der Waals surface area (Å²) in [6.45, 7) is 4.56. The molecule has 3 amide bonds. The Balaban J connectivity index is 2.36. The number of anilines is 1. The molecule has 0 radical (unpaired) electrons. The van der Waals surface area contributed by atoms with Crippen LogP contribution >= 0.6 is 0 Å². The first kappa shape index (κ1) is 28.3. The van der Waals surface area contributed by atoms with Gasteiger partial charge in [-0.2, -0.15) is 5.26 Å². The summed E-state index contributed by atoms with van der Waals surface area (Å²) in [5, 5.41) is 28.7. The van der Waals surface area contributed by atoms with Crippen LogP contribution in [0, 0.1) is 11.3 Å². The quantitative estimate of drug-likeness (QED) is 0.303. The van der Waals surface area contributed by atoms with E-state index in [1.807, 2.05) is 6.07 Å². The van der Waals surface area contributed by atoms with Gasteiger partial charge in [0.2, 0.25) is 17.7 Å². The van der Waals surface area contributed by atoms with Crippen molar-refractivity contribution in [3.8, 4) is 11.8 Å². The minimum Gasteiger partial charge on any atom is -0.488 e. The van der Waals surface area contributed by atoms with E-state index in [0.29, 0.717) is 17.8 Å². The highest BCUT2D eigenvalue weighted by atomic mass is 16.5. The maximum atomic E-state index is 13.3. The molecule has 2 rings (SSSR count). The zero-order valence-electron chi connectivity index (χ0n) is 20.9. The molecule has 0 spiro atoms.